The summed E-state index contributed by atoms with van der Waals surface area (Å²) in [5.41, 5.74) is 2.40. The van der Waals surface area contributed by atoms with Crippen LogP contribution in [-0.4, -0.2) is 54.7 Å². The van der Waals surface area contributed by atoms with Crippen molar-refractivity contribution >= 4 is 0 Å². The third-order valence-corrected chi connectivity index (χ3v) is 4.16. The number of likely N-dealkylation sites (tertiary alicyclic amines) is 1. The van der Waals surface area contributed by atoms with Crippen molar-refractivity contribution in [1.29, 1.82) is 0 Å². The fraction of sp³-hybridized carbons (Fsp3) is 0.556. The van der Waals surface area contributed by atoms with Crippen LogP contribution in [0, 0.1) is 11.8 Å². The van der Waals surface area contributed by atoms with Gasteiger partial charge in [0.1, 0.15) is 0 Å². The summed E-state index contributed by atoms with van der Waals surface area (Å²) < 4.78 is 0. The van der Waals surface area contributed by atoms with Crippen molar-refractivity contribution in [3.8, 4) is 11.8 Å². The Hall–Kier alpha value is -1.34. The van der Waals surface area contributed by atoms with Gasteiger partial charge in [0, 0.05) is 24.6 Å². The molecule has 1 aliphatic rings. The summed E-state index contributed by atoms with van der Waals surface area (Å²) in [6.45, 7) is 3.42. The van der Waals surface area contributed by atoms with Crippen molar-refractivity contribution in [2.24, 2.45) is 0 Å². The number of hydrogen-bond donors (Lipinski definition) is 1. The summed E-state index contributed by atoms with van der Waals surface area (Å²) in [5, 5.41) is 8.83. The monoisotopic (exact) mass is 286 g/mol. The van der Waals surface area contributed by atoms with E-state index in [2.05, 4.69) is 53.9 Å². The van der Waals surface area contributed by atoms with Gasteiger partial charge in [0.15, 0.2) is 0 Å². The first kappa shape index (κ1) is 16.0. The van der Waals surface area contributed by atoms with Crippen LogP contribution in [0.2, 0.25) is 0 Å². The van der Waals surface area contributed by atoms with Crippen molar-refractivity contribution in [3.63, 3.8) is 0 Å². The average molecular weight is 286 g/mol. The number of aliphatic hydroxyl groups is 1. The van der Waals surface area contributed by atoms with E-state index in [1.165, 1.54) is 18.4 Å². The Morgan fingerprint density at radius 1 is 1.24 bits per heavy atom. The summed E-state index contributed by atoms with van der Waals surface area (Å²) >= 11 is 0. The van der Waals surface area contributed by atoms with Crippen molar-refractivity contribution in [1.82, 2.24) is 9.80 Å². The lowest BCUT2D eigenvalue weighted by molar-refractivity contribution is 0.140. The topological polar surface area (TPSA) is 26.7 Å². The van der Waals surface area contributed by atoms with Crippen molar-refractivity contribution < 1.29 is 5.11 Å². The molecule has 0 radical (unpaired) electrons. The van der Waals surface area contributed by atoms with Gasteiger partial charge in [-0.1, -0.05) is 30.0 Å². The Balaban J connectivity index is 1.96. The second-order valence-electron chi connectivity index (χ2n) is 5.90. The van der Waals surface area contributed by atoms with Gasteiger partial charge < -0.3 is 10.0 Å². The normalized spacial score (nSPS) is 16.8. The maximum Gasteiger partial charge on any atom is 0.0540 e. The predicted octanol–water partition coefficient (Wildman–Crippen LogP) is 1.95. The predicted molar refractivity (Wildman–Crippen MR) is 87.0 cm³/mol. The standard InChI is InChI=1S/C18H26N2O/c1-19(2)18-10-12-20(13-11-18)15-17-9-4-3-7-16(17)8-5-6-14-21/h3-4,7,9,18,21H,6,10-15H2,1-2H3. The molecule has 1 aliphatic heterocycles. The molecule has 0 aromatic heterocycles. The van der Waals surface area contributed by atoms with Gasteiger partial charge in [0.25, 0.3) is 0 Å². The van der Waals surface area contributed by atoms with Crippen LogP contribution in [0.15, 0.2) is 24.3 Å². The lowest BCUT2D eigenvalue weighted by Gasteiger charge is -2.35. The van der Waals surface area contributed by atoms with E-state index in [0.717, 1.165) is 31.2 Å². The van der Waals surface area contributed by atoms with Crippen LogP contribution in [0.25, 0.3) is 0 Å². The molecule has 0 atom stereocenters. The first-order chi connectivity index (χ1) is 10.2. The molecule has 0 spiro atoms. The number of piperidine rings is 1. The Bertz CT molecular complexity index is 493. The number of nitrogens with zero attached hydrogens (tertiary/aromatic N) is 2. The third-order valence-electron chi connectivity index (χ3n) is 4.16. The molecule has 1 aromatic carbocycles. The molecule has 1 heterocycles. The largest absolute Gasteiger partial charge is 0.395 e. The fourth-order valence-electron chi connectivity index (χ4n) is 2.83. The van der Waals surface area contributed by atoms with Crippen molar-refractivity contribution in [3.05, 3.63) is 35.4 Å². The summed E-state index contributed by atoms with van der Waals surface area (Å²) in [7, 11) is 4.35. The summed E-state index contributed by atoms with van der Waals surface area (Å²) in [4.78, 5) is 4.86. The van der Waals surface area contributed by atoms with Gasteiger partial charge >= 0.3 is 0 Å². The first-order valence-corrected chi connectivity index (χ1v) is 7.77. The lowest BCUT2D eigenvalue weighted by atomic mass is 10.0. The Morgan fingerprint density at radius 2 is 1.95 bits per heavy atom. The quantitative estimate of drug-likeness (QED) is 0.857. The zero-order chi connectivity index (χ0) is 15.1. The molecule has 114 valence electrons. The number of aliphatic hydroxyl groups excluding tert-OH is 1. The smallest absolute Gasteiger partial charge is 0.0540 e. The second-order valence-corrected chi connectivity index (χ2v) is 5.90. The van der Waals surface area contributed by atoms with Crippen LogP contribution >= 0.6 is 0 Å². The minimum atomic E-state index is 0.132. The van der Waals surface area contributed by atoms with Gasteiger partial charge in [-0.3, -0.25) is 4.90 Å². The van der Waals surface area contributed by atoms with Crippen LogP contribution in [0.4, 0.5) is 0 Å². The van der Waals surface area contributed by atoms with Crippen molar-refractivity contribution in [2.75, 3.05) is 33.8 Å². The zero-order valence-electron chi connectivity index (χ0n) is 13.2. The molecular formula is C18H26N2O. The zero-order valence-corrected chi connectivity index (χ0v) is 13.2. The van der Waals surface area contributed by atoms with E-state index in [1.807, 2.05) is 6.07 Å². The van der Waals surface area contributed by atoms with Crippen LogP contribution in [0.3, 0.4) is 0 Å². The molecule has 0 amide bonds. The summed E-state index contributed by atoms with van der Waals surface area (Å²) in [6.07, 6.45) is 3.03. The van der Waals surface area contributed by atoms with E-state index in [-0.39, 0.29) is 6.61 Å². The Kier molecular flexibility index (Phi) is 6.25. The number of rotatable bonds is 4. The molecule has 0 saturated carbocycles. The van der Waals surface area contributed by atoms with Gasteiger partial charge in [0.05, 0.1) is 6.61 Å². The van der Waals surface area contributed by atoms with Gasteiger partial charge in [-0.05, 0) is 51.7 Å². The number of benzene rings is 1. The van der Waals surface area contributed by atoms with E-state index >= 15 is 0 Å². The molecule has 0 bridgehead atoms. The highest BCUT2D eigenvalue weighted by Crippen LogP contribution is 2.18. The van der Waals surface area contributed by atoms with E-state index in [1.54, 1.807) is 0 Å². The SMILES string of the molecule is CN(C)C1CCN(Cc2ccccc2C#CCCO)CC1. The molecule has 21 heavy (non-hydrogen) atoms. The van der Waals surface area contributed by atoms with Crippen molar-refractivity contribution in [2.45, 2.75) is 31.8 Å². The van der Waals surface area contributed by atoms with Gasteiger partial charge in [-0.15, -0.1) is 0 Å². The Morgan fingerprint density at radius 3 is 2.62 bits per heavy atom. The van der Waals surface area contributed by atoms with Gasteiger partial charge in [-0.2, -0.15) is 0 Å². The van der Waals surface area contributed by atoms with E-state index in [4.69, 9.17) is 5.11 Å². The van der Waals surface area contributed by atoms with Crippen LogP contribution in [0.5, 0.6) is 0 Å². The molecule has 1 saturated heterocycles. The molecular weight excluding hydrogens is 260 g/mol. The number of hydrogen-bond acceptors (Lipinski definition) is 3. The van der Waals surface area contributed by atoms with Crippen LogP contribution in [0.1, 0.15) is 30.4 Å². The molecule has 3 heteroatoms. The maximum absolute atomic E-state index is 8.83. The maximum atomic E-state index is 8.83. The summed E-state index contributed by atoms with van der Waals surface area (Å²) in [6, 6.07) is 9.08. The fourth-order valence-corrected chi connectivity index (χ4v) is 2.83. The first-order valence-electron chi connectivity index (χ1n) is 7.77. The molecule has 1 fully saturated rings. The van der Waals surface area contributed by atoms with E-state index in [9.17, 15) is 0 Å². The van der Waals surface area contributed by atoms with Crippen LogP contribution < -0.4 is 0 Å². The molecule has 0 aliphatic carbocycles. The Labute approximate surface area is 128 Å². The molecule has 2 rings (SSSR count). The second kappa shape index (κ2) is 8.19. The summed E-state index contributed by atoms with van der Waals surface area (Å²) in [5.74, 6) is 6.21. The average Bonchev–Trinajstić information content (AvgIpc) is 2.50. The highest BCUT2D eigenvalue weighted by atomic mass is 16.2. The molecule has 1 aromatic rings. The third kappa shape index (κ3) is 4.86. The van der Waals surface area contributed by atoms with Gasteiger partial charge in [-0.25, -0.2) is 0 Å². The minimum Gasteiger partial charge on any atom is -0.395 e. The minimum absolute atomic E-state index is 0.132. The van der Waals surface area contributed by atoms with E-state index in [0.29, 0.717) is 6.42 Å². The molecule has 0 unspecified atom stereocenters. The lowest BCUT2D eigenvalue weighted by Crippen LogP contribution is -2.41. The molecule has 3 nitrogen and oxygen atoms in total. The van der Waals surface area contributed by atoms with E-state index < -0.39 is 0 Å². The van der Waals surface area contributed by atoms with Gasteiger partial charge in [0.2, 0.25) is 0 Å². The highest BCUT2D eigenvalue weighted by molar-refractivity contribution is 5.41. The highest BCUT2D eigenvalue weighted by Gasteiger charge is 2.20. The van der Waals surface area contributed by atoms with Crippen LogP contribution in [-0.2, 0) is 6.54 Å². The molecule has 1 N–H and O–H groups in total.